The Morgan fingerprint density at radius 1 is 1.33 bits per heavy atom. The number of anilines is 1. The molecule has 1 aliphatic heterocycles. The van der Waals surface area contributed by atoms with Crippen molar-refractivity contribution in [1.29, 1.82) is 0 Å². The smallest absolute Gasteiger partial charge is 0.257 e. The van der Waals surface area contributed by atoms with E-state index in [1.807, 2.05) is 32.0 Å². The van der Waals surface area contributed by atoms with Crippen molar-refractivity contribution in [2.24, 2.45) is 0 Å². The number of benzene rings is 1. The molecule has 2 aromatic rings. The molecule has 3 rings (SSSR count). The fourth-order valence-corrected chi connectivity index (χ4v) is 2.63. The lowest BCUT2D eigenvalue weighted by Gasteiger charge is -2.13. The molecule has 1 unspecified atom stereocenters. The molecule has 1 amide bonds. The predicted molar refractivity (Wildman–Crippen MR) is 93.0 cm³/mol. The highest BCUT2D eigenvalue weighted by molar-refractivity contribution is 6.32. The Morgan fingerprint density at radius 2 is 2.17 bits per heavy atom. The van der Waals surface area contributed by atoms with Crippen molar-refractivity contribution in [3.8, 4) is 5.88 Å². The zero-order chi connectivity index (χ0) is 17.1. The third kappa shape index (κ3) is 3.86. The van der Waals surface area contributed by atoms with E-state index in [2.05, 4.69) is 10.3 Å². The van der Waals surface area contributed by atoms with Crippen LogP contribution in [0, 0.1) is 13.8 Å². The Morgan fingerprint density at radius 3 is 2.83 bits per heavy atom. The summed E-state index contributed by atoms with van der Waals surface area (Å²) in [5.41, 5.74) is 3.41. The van der Waals surface area contributed by atoms with Crippen LogP contribution in [0.2, 0.25) is 5.02 Å². The molecule has 1 N–H and O–H groups in total. The van der Waals surface area contributed by atoms with Crippen molar-refractivity contribution < 1.29 is 14.3 Å². The summed E-state index contributed by atoms with van der Waals surface area (Å²) >= 11 is 6.19. The van der Waals surface area contributed by atoms with Gasteiger partial charge >= 0.3 is 0 Å². The summed E-state index contributed by atoms with van der Waals surface area (Å²) in [7, 11) is 0. The number of hydrogen-bond acceptors (Lipinski definition) is 4. The number of rotatable bonds is 4. The number of carbonyl (C=O) groups is 1. The third-order valence-electron chi connectivity index (χ3n) is 4.00. The Hall–Kier alpha value is -2.11. The van der Waals surface area contributed by atoms with E-state index in [9.17, 15) is 4.79 Å². The van der Waals surface area contributed by atoms with Crippen LogP contribution in [0.15, 0.2) is 30.5 Å². The molecule has 1 saturated heterocycles. The largest absolute Gasteiger partial charge is 0.471 e. The number of aromatic nitrogens is 1. The number of pyridine rings is 1. The van der Waals surface area contributed by atoms with Gasteiger partial charge in [-0.3, -0.25) is 4.79 Å². The standard InChI is InChI=1S/C18H19ClN2O3/c1-11-3-4-14(7-12(11)2)21-17(22)13-8-16(19)18(20-9-13)24-15-5-6-23-10-15/h3-4,7-9,15H,5-6,10H2,1-2H3,(H,21,22). The van der Waals surface area contributed by atoms with Crippen LogP contribution in [0.4, 0.5) is 5.69 Å². The van der Waals surface area contributed by atoms with Gasteiger partial charge in [-0.15, -0.1) is 0 Å². The van der Waals surface area contributed by atoms with Gasteiger partial charge in [-0.05, 0) is 43.2 Å². The van der Waals surface area contributed by atoms with Crippen molar-refractivity contribution in [2.45, 2.75) is 26.4 Å². The first-order chi connectivity index (χ1) is 11.5. The average Bonchev–Trinajstić information content (AvgIpc) is 3.06. The zero-order valence-corrected chi connectivity index (χ0v) is 14.4. The van der Waals surface area contributed by atoms with E-state index in [1.165, 1.54) is 11.8 Å². The number of halogens is 1. The van der Waals surface area contributed by atoms with Crippen LogP contribution in [-0.2, 0) is 4.74 Å². The minimum Gasteiger partial charge on any atom is -0.471 e. The van der Waals surface area contributed by atoms with Crippen LogP contribution < -0.4 is 10.1 Å². The molecule has 1 atom stereocenters. The highest BCUT2D eigenvalue weighted by Gasteiger charge is 2.20. The van der Waals surface area contributed by atoms with Crippen molar-refractivity contribution in [2.75, 3.05) is 18.5 Å². The second-order valence-corrected chi connectivity index (χ2v) is 6.27. The molecule has 24 heavy (non-hydrogen) atoms. The van der Waals surface area contributed by atoms with E-state index in [4.69, 9.17) is 21.1 Å². The van der Waals surface area contributed by atoms with E-state index in [1.54, 1.807) is 6.07 Å². The number of nitrogens with zero attached hydrogens (tertiary/aromatic N) is 1. The number of hydrogen-bond donors (Lipinski definition) is 1. The quantitative estimate of drug-likeness (QED) is 0.915. The Balaban J connectivity index is 1.70. The molecule has 1 fully saturated rings. The lowest BCUT2D eigenvalue weighted by Crippen LogP contribution is -2.17. The van der Waals surface area contributed by atoms with E-state index in [0.29, 0.717) is 29.7 Å². The van der Waals surface area contributed by atoms with Gasteiger partial charge in [-0.2, -0.15) is 0 Å². The first kappa shape index (κ1) is 16.7. The minimum atomic E-state index is -0.261. The monoisotopic (exact) mass is 346 g/mol. The molecule has 1 aromatic carbocycles. The lowest BCUT2D eigenvalue weighted by atomic mass is 10.1. The van der Waals surface area contributed by atoms with Gasteiger partial charge in [-0.1, -0.05) is 17.7 Å². The fraction of sp³-hybridized carbons (Fsp3) is 0.333. The van der Waals surface area contributed by atoms with Crippen molar-refractivity contribution in [3.05, 3.63) is 52.2 Å². The maximum atomic E-state index is 12.3. The lowest BCUT2D eigenvalue weighted by molar-refractivity contribution is 0.102. The molecule has 0 bridgehead atoms. The molecular formula is C18H19ClN2O3. The molecule has 6 heteroatoms. The summed E-state index contributed by atoms with van der Waals surface area (Å²) < 4.78 is 10.9. The molecular weight excluding hydrogens is 328 g/mol. The second-order valence-electron chi connectivity index (χ2n) is 5.87. The number of nitrogens with one attached hydrogen (secondary N) is 1. The van der Waals surface area contributed by atoms with E-state index in [-0.39, 0.29) is 12.0 Å². The minimum absolute atomic E-state index is 0.0368. The van der Waals surface area contributed by atoms with E-state index >= 15 is 0 Å². The molecule has 0 spiro atoms. The van der Waals surface area contributed by atoms with E-state index in [0.717, 1.165) is 17.7 Å². The van der Waals surface area contributed by atoms with E-state index < -0.39 is 0 Å². The first-order valence-corrected chi connectivity index (χ1v) is 8.19. The van der Waals surface area contributed by atoms with Crippen molar-refractivity contribution in [1.82, 2.24) is 4.98 Å². The van der Waals surface area contributed by atoms with Gasteiger partial charge in [0.05, 0.1) is 18.8 Å². The maximum absolute atomic E-state index is 12.3. The second kappa shape index (κ2) is 7.20. The van der Waals surface area contributed by atoms with Gasteiger partial charge in [0.25, 0.3) is 5.91 Å². The highest BCUT2D eigenvalue weighted by Crippen LogP contribution is 2.25. The van der Waals surface area contributed by atoms with Gasteiger partial charge < -0.3 is 14.8 Å². The Labute approximate surface area is 145 Å². The molecule has 2 heterocycles. The van der Waals surface area contributed by atoms with Gasteiger partial charge in [0.1, 0.15) is 11.1 Å². The third-order valence-corrected chi connectivity index (χ3v) is 4.27. The van der Waals surface area contributed by atoms with Gasteiger partial charge in [0.2, 0.25) is 5.88 Å². The summed E-state index contributed by atoms with van der Waals surface area (Å²) in [6.45, 7) is 5.24. The first-order valence-electron chi connectivity index (χ1n) is 7.81. The topological polar surface area (TPSA) is 60.5 Å². The number of carbonyl (C=O) groups excluding carboxylic acids is 1. The van der Waals surface area contributed by atoms with Crippen LogP contribution in [-0.4, -0.2) is 30.2 Å². The van der Waals surface area contributed by atoms with Gasteiger partial charge in [0.15, 0.2) is 0 Å². The molecule has 0 saturated carbocycles. The summed E-state index contributed by atoms with van der Waals surface area (Å²) in [6, 6.07) is 7.33. The number of aryl methyl sites for hydroxylation is 2. The van der Waals surface area contributed by atoms with Crippen LogP contribution >= 0.6 is 11.6 Å². The summed E-state index contributed by atoms with van der Waals surface area (Å²) in [5.74, 6) is 0.0679. The maximum Gasteiger partial charge on any atom is 0.257 e. The molecule has 1 aromatic heterocycles. The molecule has 126 valence electrons. The normalized spacial score (nSPS) is 16.9. The van der Waals surface area contributed by atoms with Gasteiger partial charge in [-0.25, -0.2) is 4.98 Å². The van der Waals surface area contributed by atoms with Crippen molar-refractivity contribution in [3.63, 3.8) is 0 Å². The van der Waals surface area contributed by atoms with Crippen LogP contribution in [0.3, 0.4) is 0 Å². The predicted octanol–water partition coefficient (Wildman–Crippen LogP) is 3.77. The number of amides is 1. The van der Waals surface area contributed by atoms with Crippen LogP contribution in [0.25, 0.3) is 0 Å². The SMILES string of the molecule is Cc1ccc(NC(=O)c2cnc(OC3CCOC3)c(Cl)c2)cc1C. The Kier molecular flexibility index (Phi) is 5.02. The summed E-state index contributed by atoms with van der Waals surface area (Å²) in [4.78, 5) is 16.5. The average molecular weight is 347 g/mol. The Bertz CT molecular complexity index is 758. The fourth-order valence-electron chi connectivity index (χ4n) is 2.42. The molecule has 0 radical (unpaired) electrons. The van der Waals surface area contributed by atoms with Crippen LogP contribution in [0.5, 0.6) is 5.88 Å². The number of ether oxygens (including phenoxy) is 2. The van der Waals surface area contributed by atoms with Gasteiger partial charge in [0, 0.05) is 18.3 Å². The molecule has 0 aliphatic carbocycles. The summed E-state index contributed by atoms with van der Waals surface area (Å²) in [5, 5.41) is 3.16. The molecule has 1 aliphatic rings. The zero-order valence-electron chi connectivity index (χ0n) is 13.6. The highest BCUT2D eigenvalue weighted by atomic mass is 35.5. The summed E-state index contributed by atoms with van der Waals surface area (Å²) in [6.07, 6.45) is 2.24. The van der Waals surface area contributed by atoms with Crippen LogP contribution in [0.1, 0.15) is 27.9 Å². The molecule has 5 nitrogen and oxygen atoms in total. The van der Waals surface area contributed by atoms with Crippen molar-refractivity contribution >= 4 is 23.2 Å².